The summed E-state index contributed by atoms with van der Waals surface area (Å²) in [6.45, 7) is 10.8. The Balaban J connectivity index is 0. The van der Waals surface area contributed by atoms with Crippen LogP contribution in [0.1, 0.15) is 34.1 Å². The standard InChI is InChI=1S/C14H31N3O2.HI/c1-7-19-13(11(2)3)8-9-16-14(15-5)17-12(4)10-18-6;/h11-13H,7-10H2,1-6H3,(H2,15,16,17);1H. The Morgan fingerprint density at radius 3 is 2.35 bits per heavy atom. The molecule has 0 spiro atoms. The van der Waals surface area contributed by atoms with E-state index in [1.54, 1.807) is 14.2 Å². The van der Waals surface area contributed by atoms with Crippen molar-refractivity contribution in [2.75, 3.05) is 33.9 Å². The van der Waals surface area contributed by atoms with E-state index in [0.717, 1.165) is 25.5 Å². The average Bonchev–Trinajstić information content (AvgIpc) is 2.36. The number of nitrogens with zero attached hydrogens (tertiary/aromatic N) is 1. The van der Waals surface area contributed by atoms with E-state index in [-0.39, 0.29) is 30.0 Å². The van der Waals surface area contributed by atoms with E-state index in [4.69, 9.17) is 9.47 Å². The first-order valence-corrected chi connectivity index (χ1v) is 7.12. The summed E-state index contributed by atoms with van der Waals surface area (Å²) in [6.07, 6.45) is 1.28. The van der Waals surface area contributed by atoms with Gasteiger partial charge in [-0.3, -0.25) is 4.99 Å². The molecule has 0 aliphatic carbocycles. The second-order valence-corrected chi connectivity index (χ2v) is 5.03. The van der Waals surface area contributed by atoms with Crippen molar-refractivity contribution in [3.8, 4) is 0 Å². The van der Waals surface area contributed by atoms with E-state index in [1.807, 2.05) is 6.92 Å². The molecule has 0 aliphatic heterocycles. The van der Waals surface area contributed by atoms with Crippen LogP contribution in [0.25, 0.3) is 0 Å². The van der Waals surface area contributed by atoms with Gasteiger partial charge in [-0.1, -0.05) is 13.8 Å². The molecule has 0 radical (unpaired) electrons. The summed E-state index contributed by atoms with van der Waals surface area (Å²) in [4.78, 5) is 4.20. The summed E-state index contributed by atoms with van der Waals surface area (Å²) in [6, 6.07) is 0.240. The molecule has 0 aromatic carbocycles. The molecular formula is C14H32IN3O2. The molecule has 6 heteroatoms. The Bertz CT molecular complexity index is 251. The third-order valence-electron chi connectivity index (χ3n) is 2.87. The van der Waals surface area contributed by atoms with Gasteiger partial charge in [0, 0.05) is 33.4 Å². The summed E-state index contributed by atoms with van der Waals surface area (Å²) in [7, 11) is 3.47. The molecule has 0 amide bonds. The van der Waals surface area contributed by atoms with Crippen LogP contribution in [0.5, 0.6) is 0 Å². The molecule has 0 bridgehead atoms. The zero-order chi connectivity index (χ0) is 14.7. The minimum absolute atomic E-state index is 0. The summed E-state index contributed by atoms with van der Waals surface area (Å²) in [5.74, 6) is 1.34. The van der Waals surface area contributed by atoms with E-state index in [9.17, 15) is 0 Å². The maximum atomic E-state index is 5.72. The van der Waals surface area contributed by atoms with Gasteiger partial charge < -0.3 is 20.1 Å². The number of aliphatic imine (C=N–C) groups is 1. The van der Waals surface area contributed by atoms with Crippen LogP contribution in [0.15, 0.2) is 4.99 Å². The van der Waals surface area contributed by atoms with E-state index in [0.29, 0.717) is 18.6 Å². The van der Waals surface area contributed by atoms with Gasteiger partial charge in [-0.2, -0.15) is 0 Å². The van der Waals surface area contributed by atoms with Crippen molar-refractivity contribution >= 4 is 29.9 Å². The van der Waals surface area contributed by atoms with Gasteiger partial charge in [0.25, 0.3) is 0 Å². The highest BCUT2D eigenvalue weighted by atomic mass is 127. The quantitative estimate of drug-likeness (QED) is 0.354. The number of rotatable bonds is 9. The van der Waals surface area contributed by atoms with Gasteiger partial charge in [0.15, 0.2) is 5.96 Å². The lowest BCUT2D eigenvalue weighted by Crippen LogP contribution is -2.44. The molecule has 0 aliphatic rings. The smallest absolute Gasteiger partial charge is 0.191 e. The van der Waals surface area contributed by atoms with E-state index in [2.05, 4.69) is 36.4 Å². The van der Waals surface area contributed by atoms with Crippen molar-refractivity contribution in [3.05, 3.63) is 0 Å². The predicted molar refractivity (Wildman–Crippen MR) is 96.1 cm³/mol. The topological polar surface area (TPSA) is 54.9 Å². The molecule has 0 heterocycles. The van der Waals surface area contributed by atoms with Crippen LogP contribution in [0, 0.1) is 5.92 Å². The number of hydrogen-bond acceptors (Lipinski definition) is 3. The number of ether oxygens (including phenoxy) is 2. The minimum atomic E-state index is 0. The lowest BCUT2D eigenvalue weighted by atomic mass is 10.0. The van der Waals surface area contributed by atoms with Crippen molar-refractivity contribution in [1.82, 2.24) is 10.6 Å². The molecule has 2 unspecified atom stereocenters. The minimum Gasteiger partial charge on any atom is -0.383 e. The average molecular weight is 401 g/mol. The molecule has 0 saturated carbocycles. The highest BCUT2D eigenvalue weighted by molar-refractivity contribution is 14.0. The number of guanidine groups is 1. The summed E-state index contributed by atoms with van der Waals surface area (Å²) in [5, 5.41) is 6.58. The van der Waals surface area contributed by atoms with Crippen LogP contribution in [-0.4, -0.2) is 52.0 Å². The predicted octanol–water partition coefficient (Wildman–Crippen LogP) is 2.26. The van der Waals surface area contributed by atoms with Gasteiger partial charge in [0.05, 0.1) is 12.7 Å². The first kappa shape index (κ1) is 22.2. The third kappa shape index (κ3) is 10.7. The Morgan fingerprint density at radius 2 is 1.90 bits per heavy atom. The van der Waals surface area contributed by atoms with Crippen molar-refractivity contribution in [3.63, 3.8) is 0 Å². The lowest BCUT2D eigenvalue weighted by molar-refractivity contribution is 0.0258. The van der Waals surface area contributed by atoms with Gasteiger partial charge in [-0.25, -0.2) is 0 Å². The zero-order valence-corrected chi connectivity index (χ0v) is 16.1. The monoisotopic (exact) mass is 401 g/mol. The van der Waals surface area contributed by atoms with Gasteiger partial charge in [0.2, 0.25) is 0 Å². The molecule has 5 nitrogen and oxygen atoms in total. The first-order valence-electron chi connectivity index (χ1n) is 7.12. The molecule has 0 aromatic rings. The van der Waals surface area contributed by atoms with E-state index < -0.39 is 0 Å². The normalized spacial score (nSPS) is 14.7. The van der Waals surface area contributed by atoms with Crippen molar-refractivity contribution < 1.29 is 9.47 Å². The van der Waals surface area contributed by atoms with Crippen molar-refractivity contribution in [2.24, 2.45) is 10.9 Å². The number of methoxy groups -OCH3 is 1. The SMILES string of the molecule is CCOC(CCNC(=NC)NC(C)COC)C(C)C.I. The van der Waals surface area contributed by atoms with Crippen LogP contribution < -0.4 is 10.6 Å². The number of hydrogen-bond donors (Lipinski definition) is 2. The second-order valence-electron chi connectivity index (χ2n) is 5.03. The second kappa shape index (κ2) is 13.9. The maximum absolute atomic E-state index is 5.72. The molecule has 20 heavy (non-hydrogen) atoms. The van der Waals surface area contributed by atoms with Crippen LogP contribution >= 0.6 is 24.0 Å². The van der Waals surface area contributed by atoms with Crippen LogP contribution in [0.2, 0.25) is 0 Å². The summed E-state index contributed by atoms with van der Waals surface area (Å²) < 4.78 is 10.8. The van der Waals surface area contributed by atoms with Crippen LogP contribution in [0.3, 0.4) is 0 Å². The highest BCUT2D eigenvalue weighted by Crippen LogP contribution is 2.09. The molecule has 0 fully saturated rings. The molecule has 2 atom stereocenters. The molecule has 0 saturated heterocycles. The largest absolute Gasteiger partial charge is 0.383 e. The molecule has 122 valence electrons. The molecule has 0 rings (SSSR count). The van der Waals surface area contributed by atoms with Crippen molar-refractivity contribution in [1.29, 1.82) is 0 Å². The van der Waals surface area contributed by atoms with Gasteiger partial charge >= 0.3 is 0 Å². The summed E-state index contributed by atoms with van der Waals surface area (Å²) >= 11 is 0. The number of nitrogens with one attached hydrogen (secondary N) is 2. The van der Waals surface area contributed by atoms with Crippen LogP contribution in [0.4, 0.5) is 0 Å². The Hall–Kier alpha value is -0.0800. The molecular weight excluding hydrogens is 369 g/mol. The Kier molecular flexibility index (Phi) is 15.4. The molecule has 0 aromatic heterocycles. The lowest BCUT2D eigenvalue weighted by Gasteiger charge is -2.22. The van der Waals surface area contributed by atoms with E-state index >= 15 is 0 Å². The zero-order valence-electron chi connectivity index (χ0n) is 13.7. The highest BCUT2D eigenvalue weighted by Gasteiger charge is 2.13. The first-order chi connectivity index (χ1) is 9.04. The van der Waals surface area contributed by atoms with Crippen molar-refractivity contribution in [2.45, 2.75) is 46.3 Å². The third-order valence-corrected chi connectivity index (χ3v) is 2.87. The maximum Gasteiger partial charge on any atom is 0.191 e. The van der Waals surface area contributed by atoms with Gasteiger partial charge in [-0.05, 0) is 26.2 Å². The fourth-order valence-electron chi connectivity index (χ4n) is 1.88. The fourth-order valence-corrected chi connectivity index (χ4v) is 1.88. The number of halogens is 1. The van der Waals surface area contributed by atoms with Gasteiger partial charge in [-0.15, -0.1) is 24.0 Å². The summed E-state index contributed by atoms with van der Waals surface area (Å²) in [5.41, 5.74) is 0. The fraction of sp³-hybridized carbons (Fsp3) is 0.929. The Morgan fingerprint density at radius 1 is 1.25 bits per heavy atom. The van der Waals surface area contributed by atoms with E-state index in [1.165, 1.54) is 0 Å². The Labute approximate surface area is 141 Å². The molecule has 2 N–H and O–H groups in total. The van der Waals surface area contributed by atoms with Crippen LogP contribution in [-0.2, 0) is 9.47 Å². The van der Waals surface area contributed by atoms with Gasteiger partial charge in [0.1, 0.15) is 0 Å².